The molecule has 1 spiro atoms. The van der Waals surface area contributed by atoms with Gasteiger partial charge in [0.15, 0.2) is 0 Å². The van der Waals surface area contributed by atoms with Gasteiger partial charge in [-0.1, -0.05) is 61.0 Å². The Morgan fingerprint density at radius 3 is 2.21 bits per heavy atom. The molecule has 0 atom stereocenters. The van der Waals surface area contributed by atoms with Gasteiger partial charge in [-0.25, -0.2) is 0 Å². The maximum Gasteiger partial charge on any atom is 0.131 e. The zero-order chi connectivity index (χ0) is 20.2. The molecule has 0 bridgehead atoms. The van der Waals surface area contributed by atoms with E-state index in [-0.39, 0.29) is 23.0 Å². The highest BCUT2D eigenvalue weighted by atomic mass is 16.5. The van der Waals surface area contributed by atoms with Crippen LogP contribution in [-0.2, 0) is 10.2 Å². The van der Waals surface area contributed by atoms with Gasteiger partial charge in [0.25, 0.3) is 0 Å². The number of hydrogen-bond donors (Lipinski definition) is 0. The van der Waals surface area contributed by atoms with Gasteiger partial charge in [-0.3, -0.25) is 0 Å². The zero-order valence-electron chi connectivity index (χ0n) is 17.3. The average Bonchev–Trinajstić information content (AvgIpc) is 2.88. The summed E-state index contributed by atoms with van der Waals surface area (Å²) in [6.45, 7) is 7.49. The summed E-state index contributed by atoms with van der Waals surface area (Å²) in [5, 5.41) is 3.15. The van der Waals surface area contributed by atoms with Gasteiger partial charge in [0.05, 0.1) is 24.2 Å². The van der Waals surface area contributed by atoms with Crippen LogP contribution in [0.15, 0.2) is 64.9 Å². The maximum absolute atomic E-state index is 10.7. The lowest BCUT2D eigenvalue weighted by Crippen LogP contribution is -2.38. The molecule has 4 nitrogen and oxygen atoms in total. The molecule has 29 heavy (non-hydrogen) atoms. The Balaban J connectivity index is 1.62. The van der Waals surface area contributed by atoms with Crippen LogP contribution in [0.25, 0.3) is 0 Å². The third kappa shape index (κ3) is 2.69. The molecule has 3 aliphatic rings. The number of fused-ring (bicyclic) bond motifs is 4. The van der Waals surface area contributed by atoms with Gasteiger partial charge in [0.2, 0.25) is 0 Å². The maximum atomic E-state index is 10.7. The molecule has 0 amide bonds. The second-order valence-electron chi connectivity index (χ2n) is 9.33. The van der Waals surface area contributed by atoms with Crippen molar-refractivity contribution in [2.75, 3.05) is 6.61 Å². The van der Waals surface area contributed by atoms with Gasteiger partial charge < -0.3 is 9.47 Å². The highest BCUT2D eigenvalue weighted by molar-refractivity contribution is 5.65. The van der Waals surface area contributed by atoms with Crippen LogP contribution in [0.4, 0.5) is 0 Å². The van der Waals surface area contributed by atoms with Gasteiger partial charge in [0.1, 0.15) is 11.5 Å². The summed E-state index contributed by atoms with van der Waals surface area (Å²) in [4.78, 5) is 10.7. The second-order valence-corrected chi connectivity index (χ2v) is 9.33. The third-order valence-corrected chi connectivity index (χ3v) is 7.29. The topological polar surface area (TPSA) is 47.9 Å². The molecule has 1 aliphatic heterocycles. The summed E-state index contributed by atoms with van der Waals surface area (Å²) in [5.74, 6) is 1.87. The quantitative estimate of drug-likeness (QED) is 0.466. The van der Waals surface area contributed by atoms with Crippen molar-refractivity contribution in [3.05, 3.63) is 75.7 Å². The van der Waals surface area contributed by atoms with Crippen LogP contribution >= 0.6 is 0 Å². The van der Waals surface area contributed by atoms with Crippen molar-refractivity contribution in [2.45, 2.75) is 57.6 Å². The molecule has 0 unspecified atom stereocenters. The molecule has 5 rings (SSSR count). The number of rotatable bonds is 4. The minimum absolute atomic E-state index is 0.0583. The summed E-state index contributed by atoms with van der Waals surface area (Å²) in [6, 6.07) is 16.7. The summed E-state index contributed by atoms with van der Waals surface area (Å²) in [5.41, 5.74) is 5.00. The number of nitroso groups, excluding NO2 is 1. The lowest BCUT2D eigenvalue weighted by Gasteiger charge is -2.41. The van der Waals surface area contributed by atoms with E-state index in [0.29, 0.717) is 6.61 Å². The zero-order valence-corrected chi connectivity index (χ0v) is 17.3. The summed E-state index contributed by atoms with van der Waals surface area (Å²) in [7, 11) is 0. The first-order valence-electron chi connectivity index (χ1n) is 10.5. The van der Waals surface area contributed by atoms with Gasteiger partial charge in [-0.05, 0) is 49.3 Å². The van der Waals surface area contributed by atoms with Gasteiger partial charge in [-0.15, -0.1) is 0 Å². The smallest absolute Gasteiger partial charge is 0.131 e. The van der Waals surface area contributed by atoms with Crippen LogP contribution < -0.4 is 4.74 Å². The van der Waals surface area contributed by atoms with E-state index >= 15 is 0 Å². The highest BCUT2D eigenvalue weighted by Crippen LogP contribution is 2.62. The number of nitrogens with zero attached hydrogens (tertiary/aromatic N) is 1. The van der Waals surface area contributed by atoms with Gasteiger partial charge in [-0.2, -0.15) is 4.91 Å². The first-order valence-corrected chi connectivity index (χ1v) is 10.5. The van der Waals surface area contributed by atoms with Crippen LogP contribution in [0.2, 0.25) is 0 Å². The van der Waals surface area contributed by atoms with Crippen LogP contribution in [0.3, 0.4) is 0 Å². The number of allylic oxidation sites excluding steroid dienone is 1. The number of ether oxygens (including phenoxy) is 2. The lowest BCUT2D eigenvalue weighted by molar-refractivity contribution is 0.00120. The van der Waals surface area contributed by atoms with E-state index in [2.05, 4.69) is 62.3 Å². The van der Waals surface area contributed by atoms with E-state index < -0.39 is 0 Å². The van der Waals surface area contributed by atoms with Crippen LogP contribution in [-0.4, -0.2) is 18.8 Å². The van der Waals surface area contributed by atoms with E-state index in [1.165, 1.54) is 22.3 Å². The predicted octanol–water partition coefficient (Wildman–Crippen LogP) is 6.14. The molecule has 0 radical (unpaired) electrons. The molecule has 2 aromatic rings. The van der Waals surface area contributed by atoms with Gasteiger partial charge >= 0.3 is 0 Å². The minimum Gasteiger partial charge on any atom is -0.457 e. The van der Waals surface area contributed by atoms with Crippen LogP contribution in [0, 0.1) is 10.3 Å². The van der Waals surface area contributed by atoms with Crippen molar-refractivity contribution in [3.63, 3.8) is 0 Å². The Bertz CT molecular complexity index is 955. The SMILES string of the molecule is CC1=C(COC2CC(N=O)C2)C2(CC1(C)C)c1ccccc1Oc1ccccc12. The van der Waals surface area contributed by atoms with Gasteiger partial charge in [0, 0.05) is 11.1 Å². The normalized spacial score (nSPS) is 25.8. The summed E-state index contributed by atoms with van der Waals surface area (Å²) < 4.78 is 12.6. The first kappa shape index (κ1) is 18.6. The van der Waals surface area contributed by atoms with E-state index in [1.54, 1.807) is 0 Å². The summed E-state index contributed by atoms with van der Waals surface area (Å²) in [6.07, 6.45) is 2.60. The molecule has 0 aromatic heterocycles. The lowest BCUT2D eigenvalue weighted by atomic mass is 9.66. The van der Waals surface area contributed by atoms with Crippen molar-refractivity contribution in [1.82, 2.24) is 0 Å². The molecule has 1 heterocycles. The van der Waals surface area contributed by atoms with E-state index in [1.807, 2.05) is 12.1 Å². The molecular weight excluding hydrogens is 362 g/mol. The molecule has 1 saturated carbocycles. The fourth-order valence-corrected chi connectivity index (χ4v) is 5.42. The molecule has 2 aromatic carbocycles. The van der Waals surface area contributed by atoms with E-state index in [9.17, 15) is 4.91 Å². The van der Waals surface area contributed by atoms with Crippen molar-refractivity contribution in [3.8, 4) is 11.5 Å². The Labute approximate surface area is 171 Å². The highest BCUT2D eigenvalue weighted by Gasteiger charge is 2.54. The molecule has 0 N–H and O–H groups in total. The Morgan fingerprint density at radius 2 is 1.62 bits per heavy atom. The van der Waals surface area contributed by atoms with E-state index in [0.717, 1.165) is 30.8 Å². The number of para-hydroxylation sites is 2. The Hall–Kier alpha value is -2.46. The fraction of sp³-hybridized carbons (Fsp3) is 0.440. The molecular formula is C25H27NO3. The molecule has 0 saturated heterocycles. The van der Waals surface area contributed by atoms with Crippen molar-refractivity contribution in [1.29, 1.82) is 0 Å². The average molecular weight is 389 g/mol. The predicted molar refractivity (Wildman–Crippen MR) is 113 cm³/mol. The number of hydrogen-bond acceptors (Lipinski definition) is 4. The van der Waals surface area contributed by atoms with Crippen LogP contribution in [0.5, 0.6) is 11.5 Å². The van der Waals surface area contributed by atoms with Crippen LogP contribution in [0.1, 0.15) is 51.2 Å². The largest absolute Gasteiger partial charge is 0.457 e. The molecule has 2 aliphatic carbocycles. The van der Waals surface area contributed by atoms with Crippen molar-refractivity contribution >= 4 is 0 Å². The van der Waals surface area contributed by atoms with Crippen molar-refractivity contribution in [2.24, 2.45) is 10.6 Å². The first-order chi connectivity index (χ1) is 14.0. The second kappa shape index (κ2) is 6.53. The minimum atomic E-state index is -0.245. The molecule has 4 heteroatoms. The Kier molecular flexibility index (Phi) is 4.18. The third-order valence-electron chi connectivity index (χ3n) is 7.29. The van der Waals surface area contributed by atoms with E-state index in [4.69, 9.17) is 9.47 Å². The fourth-order valence-electron chi connectivity index (χ4n) is 5.42. The molecule has 150 valence electrons. The van der Waals surface area contributed by atoms with Crippen molar-refractivity contribution < 1.29 is 9.47 Å². The standard InChI is InChI=1S/C25H27NO3/c1-16-21(14-28-18-12-17(13-18)26-27)25(15-24(16,2)3)19-8-4-6-10-22(19)29-23-11-7-5-9-20(23)25/h4-11,17-18H,12-15H2,1-3H3. The Morgan fingerprint density at radius 1 is 1.03 bits per heavy atom. The summed E-state index contributed by atoms with van der Waals surface area (Å²) >= 11 is 0. The monoisotopic (exact) mass is 389 g/mol. The number of benzene rings is 2. The molecule has 1 fully saturated rings.